The summed E-state index contributed by atoms with van der Waals surface area (Å²) in [4.78, 5) is 0. The summed E-state index contributed by atoms with van der Waals surface area (Å²) in [7, 11) is 0. The maximum atomic E-state index is 10.1. The van der Waals surface area contributed by atoms with Crippen LogP contribution in [-0.2, 0) is 4.74 Å². The third-order valence-electron chi connectivity index (χ3n) is 8.86. The van der Waals surface area contributed by atoms with Crippen LogP contribution in [0.2, 0.25) is 0 Å². The predicted octanol–water partition coefficient (Wildman–Crippen LogP) is 4.08. The van der Waals surface area contributed by atoms with E-state index in [1.807, 2.05) is 0 Å². The van der Waals surface area contributed by atoms with Gasteiger partial charge in [0.25, 0.3) is 0 Å². The molecule has 0 aromatic carbocycles. The zero-order valence-electron chi connectivity index (χ0n) is 14.1. The van der Waals surface area contributed by atoms with Crippen LogP contribution in [0.1, 0.15) is 65.2 Å². The Bertz CT molecular complexity index is 534. The molecule has 0 radical (unpaired) electrons. The largest absolute Gasteiger partial charge is 0.393 e. The van der Waals surface area contributed by atoms with Crippen molar-refractivity contribution in [3.63, 3.8) is 0 Å². The van der Waals surface area contributed by atoms with Crippen molar-refractivity contribution in [1.29, 1.82) is 0 Å². The van der Waals surface area contributed by atoms with Gasteiger partial charge in [-0.05, 0) is 74.5 Å². The van der Waals surface area contributed by atoms with Crippen LogP contribution in [0.15, 0.2) is 11.6 Å². The summed E-state index contributed by atoms with van der Waals surface area (Å²) < 4.78 is 6.01. The summed E-state index contributed by atoms with van der Waals surface area (Å²) in [6.07, 6.45) is 12.3. The Kier molecular flexibility index (Phi) is 2.67. The molecular formula is C20H30O2. The molecule has 4 aliphatic carbocycles. The second-order valence-electron chi connectivity index (χ2n) is 9.43. The van der Waals surface area contributed by atoms with Crippen LogP contribution in [0.5, 0.6) is 0 Å². The van der Waals surface area contributed by atoms with Gasteiger partial charge in [0.2, 0.25) is 0 Å². The predicted molar refractivity (Wildman–Crippen MR) is 86.4 cm³/mol. The van der Waals surface area contributed by atoms with Crippen LogP contribution in [0.3, 0.4) is 0 Å². The van der Waals surface area contributed by atoms with E-state index in [0.717, 1.165) is 37.2 Å². The van der Waals surface area contributed by atoms with E-state index in [0.29, 0.717) is 10.8 Å². The molecule has 7 atom stereocenters. The number of epoxide rings is 1. The van der Waals surface area contributed by atoms with Crippen molar-refractivity contribution in [2.24, 2.45) is 28.6 Å². The number of hydrogen-bond donors (Lipinski definition) is 1. The van der Waals surface area contributed by atoms with Crippen LogP contribution in [-0.4, -0.2) is 23.4 Å². The van der Waals surface area contributed by atoms with Crippen LogP contribution in [0, 0.1) is 28.6 Å². The van der Waals surface area contributed by atoms with Crippen LogP contribution < -0.4 is 0 Å². The fourth-order valence-electron chi connectivity index (χ4n) is 7.30. The van der Waals surface area contributed by atoms with E-state index in [2.05, 4.69) is 19.9 Å². The number of aliphatic hydroxyl groups is 1. The summed E-state index contributed by atoms with van der Waals surface area (Å²) in [6.45, 7) is 6.09. The number of allylic oxidation sites excluding steroid dienone is 1. The van der Waals surface area contributed by atoms with E-state index in [4.69, 9.17) is 4.74 Å². The summed E-state index contributed by atoms with van der Waals surface area (Å²) in [6, 6.07) is 0. The van der Waals surface area contributed by atoms with E-state index in [9.17, 15) is 5.11 Å². The standard InChI is InChI=1S/C20H30O2/c1-18-8-5-14(21)11-13(18)3-4-15-16(18)6-9-19(2)17(15)7-10-20(19)12-22-20/h3,14-17,21H,4-12H2,1-2H3/t14?,15?,16?,17?,18-,19-,20+/m0/s1. The minimum absolute atomic E-state index is 0.0839. The van der Waals surface area contributed by atoms with Gasteiger partial charge < -0.3 is 9.84 Å². The van der Waals surface area contributed by atoms with Gasteiger partial charge in [0.1, 0.15) is 0 Å². The molecule has 0 aromatic heterocycles. The number of ether oxygens (including phenoxy) is 1. The molecule has 22 heavy (non-hydrogen) atoms. The zero-order chi connectivity index (χ0) is 15.2. The lowest BCUT2D eigenvalue weighted by atomic mass is 9.47. The van der Waals surface area contributed by atoms with Crippen molar-refractivity contribution < 1.29 is 9.84 Å². The lowest BCUT2D eigenvalue weighted by Crippen LogP contribution is -2.51. The van der Waals surface area contributed by atoms with Crippen LogP contribution in [0.25, 0.3) is 0 Å². The second kappa shape index (κ2) is 4.19. The highest BCUT2D eigenvalue weighted by atomic mass is 16.6. The lowest BCUT2D eigenvalue weighted by molar-refractivity contribution is -0.0556. The van der Waals surface area contributed by atoms with Gasteiger partial charge in [-0.15, -0.1) is 0 Å². The van der Waals surface area contributed by atoms with Crippen LogP contribution >= 0.6 is 0 Å². The Labute approximate surface area is 134 Å². The van der Waals surface area contributed by atoms with Gasteiger partial charge in [-0.2, -0.15) is 0 Å². The number of hydrogen-bond acceptors (Lipinski definition) is 2. The first-order chi connectivity index (χ1) is 10.5. The molecule has 3 saturated carbocycles. The van der Waals surface area contributed by atoms with Gasteiger partial charge in [-0.3, -0.25) is 0 Å². The quantitative estimate of drug-likeness (QED) is 0.540. The van der Waals surface area contributed by atoms with Crippen molar-refractivity contribution in [2.45, 2.75) is 76.9 Å². The molecule has 0 amide bonds. The monoisotopic (exact) mass is 302 g/mol. The molecule has 2 nitrogen and oxygen atoms in total. The smallest absolute Gasteiger partial charge is 0.0972 e. The summed E-state index contributed by atoms with van der Waals surface area (Å²) >= 11 is 0. The molecule has 0 bridgehead atoms. The molecule has 122 valence electrons. The Hall–Kier alpha value is -0.340. The highest BCUT2D eigenvalue weighted by Gasteiger charge is 2.69. The molecule has 1 saturated heterocycles. The van der Waals surface area contributed by atoms with Crippen molar-refractivity contribution in [3.8, 4) is 0 Å². The minimum Gasteiger partial charge on any atom is -0.393 e. The van der Waals surface area contributed by atoms with Gasteiger partial charge in [0.15, 0.2) is 0 Å². The van der Waals surface area contributed by atoms with Crippen molar-refractivity contribution >= 4 is 0 Å². The van der Waals surface area contributed by atoms with Crippen molar-refractivity contribution in [2.75, 3.05) is 6.61 Å². The number of rotatable bonds is 0. The van der Waals surface area contributed by atoms with E-state index in [1.54, 1.807) is 5.57 Å². The van der Waals surface area contributed by atoms with Gasteiger partial charge in [-0.25, -0.2) is 0 Å². The summed E-state index contributed by atoms with van der Waals surface area (Å²) in [5.41, 5.74) is 2.69. The van der Waals surface area contributed by atoms with Gasteiger partial charge in [0, 0.05) is 5.41 Å². The van der Waals surface area contributed by atoms with E-state index >= 15 is 0 Å². The van der Waals surface area contributed by atoms with Gasteiger partial charge in [-0.1, -0.05) is 25.5 Å². The maximum Gasteiger partial charge on any atom is 0.0972 e. The van der Waals surface area contributed by atoms with Crippen molar-refractivity contribution in [3.05, 3.63) is 11.6 Å². The fourth-order valence-corrected chi connectivity index (χ4v) is 7.30. The van der Waals surface area contributed by atoms with Gasteiger partial charge in [0.05, 0.1) is 18.3 Å². The molecule has 5 rings (SSSR count). The minimum atomic E-state index is -0.0839. The average Bonchev–Trinajstić information content (AvgIpc) is 3.22. The molecule has 5 aliphatic rings. The van der Waals surface area contributed by atoms with Crippen LogP contribution in [0.4, 0.5) is 0 Å². The number of fused-ring (bicyclic) bond motifs is 6. The average molecular weight is 302 g/mol. The fraction of sp³-hybridized carbons (Fsp3) is 0.900. The summed E-state index contributed by atoms with van der Waals surface area (Å²) in [5, 5.41) is 10.1. The first kappa shape index (κ1) is 14.0. The first-order valence-corrected chi connectivity index (χ1v) is 9.50. The second-order valence-corrected chi connectivity index (χ2v) is 9.43. The van der Waals surface area contributed by atoms with E-state index in [-0.39, 0.29) is 11.7 Å². The third-order valence-corrected chi connectivity index (χ3v) is 8.86. The van der Waals surface area contributed by atoms with Gasteiger partial charge >= 0.3 is 0 Å². The normalized spacial score (nSPS) is 59.5. The molecular weight excluding hydrogens is 272 g/mol. The Balaban J connectivity index is 1.51. The topological polar surface area (TPSA) is 32.8 Å². The lowest BCUT2D eigenvalue weighted by Gasteiger charge is -2.57. The molecule has 1 spiro atoms. The maximum absolute atomic E-state index is 10.1. The first-order valence-electron chi connectivity index (χ1n) is 9.50. The Morgan fingerprint density at radius 2 is 1.86 bits per heavy atom. The molecule has 2 heteroatoms. The number of aliphatic hydroxyl groups excluding tert-OH is 1. The SMILES string of the molecule is C[C@]12CCC(O)CC1=CCC1C2CC[C@@]2(C)C1CC[C@@]21CO1. The highest BCUT2D eigenvalue weighted by molar-refractivity contribution is 5.27. The van der Waals surface area contributed by atoms with Crippen molar-refractivity contribution in [1.82, 2.24) is 0 Å². The highest BCUT2D eigenvalue weighted by Crippen LogP contribution is 2.70. The van der Waals surface area contributed by atoms with E-state index < -0.39 is 0 Å². The molecule has 0 aromatic rings. The summed E-state index contributed by atoms with van der Waals surface area (Å²) in [5.74, 6) is 2.59. The molecule has 4 unspecified atom stereocenters. The molecule has 1 aliphatic heterocycles. The molecule has 1 N–H and O–H groups in total. The Morgan fingerprint density at radius 1 is 1.09 bits per heavy atom. The Morgan fingerprint density at radius 3 is 2.64 bits per heavy atom. The molecule has 4 fully saturated rings. The third kappa shape index (κ3) is 1.54. The molecule has 1 heterocycles. The van der Waals surface area contributed by atoms with E-state index in [1.165, 1.54) is 38.5 Å². The zero-order valence-corrected chi connectivity index (χ0v) is 14.1.